The lowest BCUT2D eigenvalue weighted by Crippen LogP contribution is -2.49. The van der Waals surface area contributed by atoms with E-state index in [1.54, 1.807) is 12.3 Å². The van der Waals surface area contributed by atoms with Crippen LogP contribution in [-0.2, 0) is 10.0 Å². The van der Waals surface area contributed by atoms with Crippen molar-refractivity contribution < 1.29 is 8.42 Å². The molecule has 1 saturated heterocycles. The first kappa shape index (κ1) is 25.8. The monoisotopic (exact) mass is 536 g/mol. The Kier molecular flexibility index (Phi) is 11.7. The third-order valence-corrected chi connectivity index (χ3v) is 5.83. The third kappa shape index (κ3) is 9.41. The van der Waals surface area contributed by atoms with Crippen LogP contribution in [0.4, 0.5) is 0 Å². The zero-order chi connectivity index (χ0) is 20.4. The van der Waals surface area contributed by atoms with E-state index in [0.717, 1.165) is 45.0 Å². The van der Waals surface area contributed by atoms with Gasteiger partial charge in [-0.25, -0.2) is 13.1 Å². The van der Waals surface area contributed by atoms with Gasteiger partial charge in [-0.05, 0) is 38.8 Å². The molecule has 3 N–H and O–H groups in total. The molecule has 8 nitrogen and oxygen atoms in total. The number of guanidine groups is 1. The number of hydrogen-bond acceptors (Lipinski definition) is 5. The fourth-order valence-corrected chi connectivity index (χ4v) is 4.05. The first-order chi connectivity index (χ1) is 13.4. The van der Waals surface area contributed by atoms with Crippen LogP contribution >= 0.6 is 24.0 Å². The second-order valence-corrected chi connectivity index (χ2v) is 8.77. The van der Waals surface area contributed by atoms with Gasteiger partial charge in [-0.15, -0.1) is 24.0 Å². The van der Waals surface area contributed by atoms with Gasteiger partial charge in [0.2, 0.25) is 10.0 Å². The number of piperidine rings is 1. The van der Waals surface area contributed by atoms with Crippen molar-refractivity contribution in [1.82, 2.24) is 25.2 Å². The van der Waals surface area contributed by atoms with Crippen LogP contribution in [0.3, 0.4) is 0 Å². The maximum atomic E-state index is 12.2. The smallest absolute Gasteiger partial charge is 0.242 e. The Labute approximate surface area is 191 Å². The van der Waals surface area contributed by atoms with Gasteiger partial charge >= 0.3 is 0 Å². The van der Waals surface area contributed by atoms with E-state index in [1.807, 2.05) is 6.92 Å². The minimum absolute atomic E-state index is 0. The molecule has 0 spiro atoms. The molecule has 1 aliphatic rings. The fraction of sp³-hybridized carbons (Fsp3) is 0.579. The van der Waals surface area contributed by atoms with Gasteiger partial charge in [0.25, 0.3) is 0 Å². The summed E-state index contributed by atoms with van der Waals surface area (Å²) >= 11 is 0. The molecule has 0 radical (unpaired) electrons. The molecular formula is C19H33IN6O2S. The largest absolute Gasteiger partial charge is 0.357 e. The van der Waals surface area contributed by atoms with Gasteiger partial charge in [-0.2, -0.15) is 0 Å². The molecule has 2 rings (SSSR count). The van der Waals surface area contributed by atoms with E-state index in [2.05, 4.69) is 43.7 Å². The van der Waals surface area contributed by atoms with E-state index < -0.39 is 10.0 Å². The third-order valence-electron chi connectivity index (χ3n) is 4.38. The summed E-state index contributed by atoms with van der Waals surface area (Å²) in [5, 5.41) is 6.69. The first-order valence-electron chi connectivity index (χ1n) is 9.72. The summed E-state index contributed by atoms with van der Waals surface area (Å²) in [6.45, 7) is 12.4. The number of hydrogen-bond donors (Lipinski definition) is 3. The molecular weight excluding hydrogens is 503 g/mol. The van der Waals surface area contributed by atoms with Crippen molar-refractivity contribution in [2.75, 3.05) is 39.3 Å². The molecule has 0 saturated carbocycles. The maximum Gasteiger partial charge on any atom is 0.242 e. The lowest BCUT2D eigenvalue weighted by molar-refractivity contribution is 0.221. The summed E-state index contributed by atoms with van der Waals surface area (Å²) in [5.74, 6) is 0.724. The molecule has 0 amide bonds. The quantitative estimate of drug-likeness (QED) is 0.146. The highest BCUT2D eigenvalue weighted by atomic mass is 127. The highest BCUT2D eigenvalue weighted by Gasteiger charge is 2.19. The molecule has 29 heavy (non-hydrogen) atoms. The van der Waals surface area contributed by atoms with Crippen LogP contribution in [0.2, 0.25) is 0 Å². The van der Waals surface area contributed by atoms with E-state index >= 15 is 0 Å². The number of aromatic nitrogens is 1. The molecule has 2 heterocycles. The Hall–Kier alpha value is -1.24. The average Bonchev–Trinajstić information content (AvgIpc) is 2.67. The molecule has 0 atom stereocenters. The molecule has 10 heteroatoms. The predicted octanol–water partition coefficient (Wildman–Crippen LogP) is 1.57. The number of nitrogens with zero attached hydrogens (tertiary/aromatic N) is 3. The molecule has 0 aromatic carbocycles. The van der Waals surface area contributed by atoms with E-state index in [9.17, 15) is 8.42 Å². The zero-order valence-electron chi connectivity index (χ0n) is 17.2. The van der Waals surface area contributed by atoms with Crippen LogP contribution in [0.25, 0.3) is 0 Å². The summed E-state index contributed by atoms with van der Waals surface area (Å²) in [7, 11) is -3.55. The standard InChI is InChI=1S/C19H32N6O2S.HI/c1-4-21-19(24-17-7-12-25(13-8-17)15-16(2)3)22-10-11-23-28(26,27)18-6-5-9-20-14-18;/h5-6,9,14,17,23H,2,4,7-8,10-13,15H2,1,3H3,(H2,21,22,24);1H. The van der Waals surface area contributed by atoms with Crippen LogP contribution in [0.1, 0.15) is 26.7 Å². The van der Waals surface area contributed by atoms with E-state index in [1.165, 1.54) is 17.8 Å². The van der Waals surface area contributed by atoms with Crippen molar-refractivity contribution in [1.29, 1.82) is 0 Å². The molecule has 164 valence electrons. The van der Waals surface area contributed by atoms with Gasteiger partial charge in [0.15, 0.2) is 5.96 Å². The lowest BCUT2D eigenvalue weighted by atomic mass is 10.0. The summed E-state index contributed by atoms with van der Waals surface area (Å²) < 4.78 is 26.9. The minimum atomic E-state index is -3.55. The van der Waals surface area contributed by atoms with E-state index in [-0.39, 0.29) is 35.4 Å². The topological polar surface area (TPSA) is 98.7 Å². The van der Waals surface area contributed by atoms with Crippen LogP contribution in [0, 0.1) is 0 Å². The van der Waals surface area contributed by atoms with Crippen molar-refractivity contribution in [3.8, 4) is 0 Å². The van der Waals surface area contributed by atoms with Crippen molar-refractivity contribution in [3.05, 3.63) is 36.7 Å². The van der Waals surface area contributed by atoms with Crippen molar-refractivity contribution >= 4 is 40.0 Å². The summed E-state index contributed by atoms with van der Waals surface area (Å²) in [6, 6.07) is 3.48. The number of nitrogens with one attached hydrogen (secondary N) is 3. The molecule has 0 aliphatic carbocycles. The minimum Gasteiger partial charge on any atom is -0.357 e. The number of sulfonamides is 1. The van der Waals surface area contributed by atoms with Gasteiger partial charge < -0.3 is 10.6 Å². The van der Waals surface area contributed by atoms with E-state index in [4.69, 9.17) is 0 Å². The number of likely N-dealkylation sites (tertiary alicyclic amines) is 1. The zero-order valence-corrected chi connectivity index (χ0v) is 20.4. The molecule has 1 aromatic heterocycles. The first-order valence-corrected chi connectivity index (χ1v) is 11.2. The Morgan fingerprint density at radius 2 is 2.10 bits per heavy atom. The molecule has 1 fully saturated rings. The highest BCUT2D eigenvalue weighted by Crippen LogP contribution is 2.11. The number of halogens is 1. The van der Waals surface area contributed by atoms with Gasteiger partial charge in [0, 0.05) is 51.2 Å². The summed E-state index contributed by atoms with van der Waals surface area (Å²) in [5.41, 5.74) is 1.19. The van der Waals surface area contributed by atoms with Crippen LogP contribution in [0.15, 0.2) is 46.6 Å². The Morgan fingerprint density at radius 3 is 2.69 bits per heavy atom. The number of rotatable bonds is 9. The predicted molar refractivity (Wildman–Crippen MR) is 128 cm³/mol. The summed E-state index contributed by atoms with van der Waals surface area (Å²) in [6.07, 6.45) is 4.97. The summed E-state index contributed by atoms with van der Waals surface area (Å²) in [4.78, 5) is 10.9. The second kappa shape index (κ2) is 13.1. The molecule has 0 unspecified atom stereocenters. The number of pyridine rings is 1. The Balaban J connectivity index is 0.00000420. The Morgan fingerprint density at radius 1 is 1.38 bits per heavy atom. The highest BCUT2D eigenvalue weighted by molar-refractivity contribution is 14.0. The van der Waals surface area contributed by atoms with Gasteiger partial charge in [-0.3, -0.25) is 14.9 Å². The normalized spacial score (nSPS) is 16.1. The molecule has 0 bridgehead atoms. The van der Waals surface area contributed by atoms with Gasteiger partial charge in [-0.1, -0.05) is 12.2 Å². The maximum absolute atomic E-state index is 12.2. The van der Waals surface area contributed by atoms with Crippen LogP contribution < -0.4 is 15.4 Å². The van der Waals surface area contributed by atoms with E-state index in [0.29, 0.717) is 12.6 Å². The van der Waals surface area contributed by atoms with Crippen molar-refractivity contribution in [2.24, 2.45) is 4.99 Å². The molecule has 1 aromatic rings. The van der Waals surface area contributed by atoms with Crippen LogP contribution in [0.5, 0.6) is 0 Å². The number of aliphatic imine (C=N–C) groups is 1. The van der Waals surface area contributed by atoms with Crippen molar-refractivity contribution in [3.63, 3.8) is 0 Å². The molecule has 1 aliphatic heterocycles. The fourth-order valence-electron chi connectivity index (χ4n) is 3.07. The Bertz CT molecular complexity index is 749. The van der Waals surface area contributed by atoms with Crippen LogP contribution in [-0.4, -0.2) is 69.6 Å². The SMILES string of the molecule is C=C(C)CN1CCC(NC(=NCCNS(=O)(=O)c2cccnc2)NCC)CC1.I. The second-order valence-electron chi connectivity index (χ2n) is 7.00. The average molecular weight is 536 g/mol. The van der Waals surface area contributed by atoms with Gasteiger partial charge in [0.1, 0.15) is 4.90 Å². The lowest BCUT2D eigenvalue weighted by Gasteiger charge is -2.33. The van der Waals surface area contributed by atoms with Gasteiger partial charge in [0.05, 0.1) is 6.54 Å². The van der Waals surface area contributed by atoms with Crippen molar-refractivity contribution in [2.45, 2.75) is 37.6 Å².